The van der Waals surface area contributed by atoms with E-state index in [1.807, 2.05) is 38.1 Å². The van der Waals surface area contributed by atoms with Gasteiger partial charge in [-0.3, -0.25) is 9.59 Å². The number of hydrogen-bond donors (Lipinski definition) is 2. The minimum atomic E-state index is -0.0939. The van der Waals surface area contributed by atoms with Crippen LogP contribution in [0.4, 0.5) is 0 Å². The lowest BCUT2D eigenvalue weighted by atomic mass is 9.97. The monoisotopic (exact) mass is 397 g/mol. The minimum absolute atomic E-state index is 0.00374. The van der Waals surface area contributed by atoms with Crippen molar-refractivity contribution in [2.75, 3.05) is 26.2 Å². The first-order valence-electron chi connectivity index (χ1n) is 8.55. The van der Waals surface area contributed by atoms with Crippen molar-refractivity contribution in [3.63, 3.8) is 0 Å². The van der Waals surface area contributed by atoms with E-state index in [0.29, 0.717) is 13.2 Å². The van der Waals surface area contributed by atoms with Gasteiger partial charge in [-0.15, -0.1) is 0 Å². The van der Waals surface area contributed by atoms with Crippen LogP contribution in [0, 0.1) is 5.92 Å². The minimum Gasteiger partial charge on any atom is -0.466 e. The lowest BCUT2D eigenvalue weighted by molar-refractivity contribution is -0.897. The number of benzene rings is 1. The van der Waals surface area contributed by atoms with E-state index in [2.05, 4.69) is 21.2 Å². The summed E-state index contributed by atoms with van der Waals surface area (Å²) in [6.45, 7) is 6.36. The van der Waals surface area contributed by atoms with E-state index in [-0.39, 0.29) is 23.8 Å². The standard InChI is InChI=1S/C18H25BrN2O3/c1-3-24-18(23)14-8-10-21(11-9-14)12-17(22)20-13(2)15-6-4-5-7-16(15)19/h4-7,13-14H,3,8-12H2,1-2H3,(H,20,22)/p+1/t13-/m1/s1. The number of quaternary nitrogens is 1. The van der Waals surface area contributed by atoms with Crippen molar-refractivity contribution >= 4 is 27.8 Å². The fraction of sp³-hybridized carbons (Fsp3) is 0.556. The van der Waals surface area contributed by atoms with Crippen LogP contribution in [0.1, 0.15) is 38.3 Å². The Hall–Kier alpha value is -1.40. The number of rotatable bonds is 6. The Kier molecular flexibility index (Phi) is 7.24. The van der Waals surface area contributed by atoms with Gasteiger partial charge in [-0.05, 0) is 25.5 Å². The number of esters is 1. The number of hydrogen-bond acceptors (Lipinski definition) is 3. The first kappa shape index (κ1) is 18.9. The molecule has 132 valence electrons. The van der Waals surface area contributed by atoms with Crippen molar-refractivity contribution in [1.29, 1.82) is 0 Å². The molecule has 0 bridgehead atoms. The molecule has 2 rings (SSSR count). The molecule has 0 saturated carbocycles. The van der Waals surface area contributed by atoms with Crippen molar-refractivity contribution in [2.45, 2.75) is 32.7 Å². The Morgan fingerprint density at radius 1 is 1.33 bits per heavy atom. The fourth-order valence-electron chi connectivity index (χ4n) is 3.12. The molecule has 0 radical (unpaired) electrons. The first-order chi connectivity index (χ1) is 11.5. The molecule has 2 N–H and O–H groups in total. The molecule has 1 saturated heterocycles. The van der Waals surface area contributed by atoms with Gasteiger partial charge in [-0.2, -0.15) is 0 Å². The van der Waals surface area contributed by atoms with E-state index < -0.39 is 0 Å². The van der Waals surface area contributed by atoms with Crippen LogP contribution in [-0.4, -0.2) is 38.1 Å². The quantitative estimate of drug-likeness (QED) is 0.714. The highest BCUT2D eigenvalue weighted by Crippen LogP contribution is 2.22. The molecule has 5 nitrogen and oxygen atoms in total. The van der Waals surface area contributed by atoms with Gasteiger partial charge >= 0.3 is 5.97 Å². The van der Waals surface area contributed by atoms with Crippen LogP contribution < -0.4 is 10.2 Å². The summed E-state index contributed by atoms with van der Waals surface area (Å²) < 4.78 is 6.08. The number of amides is 1. The summed E-state index contributed by atoms with van der Waals surface area (Å²) in [6.07, 6.45) is 1.59. The van der Waals surface area contributed by atoms with Crippen molar-refractivity contribution in [2.24, 2.45) is 5.92 Å². The number of carbonyl (C=O) groups excluding carboxylic acids is 2. The third-order valence-corrected chi connectivity index (χ3v) is 5.19. The largest absolute Gasteiger partial charge is 0.466 e. The highest BCUT2D eigenvalue weighted by atomic mass is 79.9. The Bertz CT molecular complexity index is 571. The van der Waals surface area contributed by atoms with Crippen LogP contribution in [0.2, 0.25) is 0 Å². The zero-order chi connectivity index (χ0) is 17.5. The summed E-state index contributed by atoms with van der Waals surface area (Å²) in [7, 11) is 0. The predicted octanol–water partition coefficient (Wildman–Crippen LogP) is 1.48. The van der Waals surface area contributed by atoms with Crippen LogP contribution >= 0.6 is 15.9 Å². The van der Waals surface area contributed by atoms with Crippen LogP contribution in [0.25, 0.3) is 0 Å². The Morgan fingerprint density at radius 2 is 2.00 bits per heavy atom. The molecule has 1 heterocycles. The SMILES string of the molecule is CCOC(=O)C1CC[NH+](CC(=O)N[C@H](C)c2ccccc2Br)CC1. The molecule has 24 heavy (non-hydrogen) atoms. The second kappa shape index (κ2) is 9.18. The van der Waals surface area contributed by atoms with Gasteiger partial charge in [0, 0.05) is 17.3 Å². The van der Waals surface area contributed by atoms with Gasteiger partial charge in [0.1, 0.15) is 0 Å². The average molecular weight is 398 g/mol. The molecule has 6 heteroatoms. The summed E-state index contributed by atoms with van der Waals surface area (Å²) in [5.74, 6) is -0.0534. The number of nitrogens with one attached hydrogen (secondary N) is 2. The predicted molar refractivity (Wildman–Crippen MR) is 95.6 cm³/mol. The lowest BCUT2D eigenvalue weighted by Gasteiger charge is -2.28. The summed E-state index contributed by atoms with van der Waals surface area (Å²) in [5.41, 5.74) is 1.07. The molecular formula is C18H26BrN2O3+. The van der Waals surface area contributed by atoms with E-state index in [1.54, 1.807) is 0 Å². The van der Waals surface area contributed by atoms with Crippen LogP contribution in [0.3, 0.4) is 0 Å². The second-order valence-electron chi connectivity index (χ2n) is 6.26. The molecule has 0 unspecified atom stereocenters. The van der Waals surface area contributed by atoms with E-state index in [4.69, 9.17) is 4.74 Å². The first-order valence-corrected chi connectivity index (χ1v) is 9.34. The van der Waals surface area contributed by atoms with Crippen LogP contribution in [0.5, 0.6) is 0 Å². The molecule has 1 aliphatic rings. The average Bonchev–Trinajstić information content (AvgIpc) is 2.56. The molecular weight excluding hydrogens is 372 g/mol. The topological polar surface area (TPSA) is 59.8 Å². The molecule has 1 atom stereocenters. The van der Waals surface area contributed by atoms with Crippen molar-refractivity contribution in [3.8, 4) is 0 Å². The highest BCUT2D eigenvalue weighted by molar-refractivity contribution is 9.10. The van der Waals surface area contributed by atoms with Gasteiger partial charge in [0.15, 0.2) is 6.54 Å². The molecule has 1 amide bonds. The summed E-state index contributed by atoms with van der Waals surface area (Å²) >= 11 is 3.52. The highest BCUT2D eigenvalue weighted by Gasteiger charge is 2.29. The number of carbonyl (C=O) groups is 2. The molecule has 1 aromatic rings. The third kappa shape index (κ3) is 5.31. The molecule has 1 aliphatic heterocycles. The van der Waals surface area contributed by atoms with E-state index in [0.717, 1.165) is 36.0 Å². The summed E-state index contributed by atoms with van der Waals surface area (Å²) in [4.78, 5) is 25.3. The second-order valence-corrected chi connectivity index (χ2v) is 7.12. The maximum Gasteiger partial charge on any atom is 0.309 e. The summed E-state index contributed by atoms with van der Waals surface area (Å²) in [5, 5.41) is 3.06. The maximum atomic E-state index is 12.3. The van der Waals surface area contributed by atoms with E-state index in [1.165, 1.54) is 4.90 Å². The number of piperidine rings is 1. The van der Waals surface area contributed by atoms with Gasteiger partial charge in [0.05, 0.1) is 31.7 Å². The molecule has 1 aromatic carbocycles. The Balaban J connectivity index is 1.77. The van der Waals surface area contributed by atoms with Gasteiger partial charge in [0.2, 0.25) is 0 Å². The van der Waals surface area contributed by atoms with Crippen molar-refractivity contribution < 1.29 is 19.2 Å². The van der Waals surface area contributed by atoms with Crippen LogP contribution in [-0.2, 0) is 14.3 Å². The zero-order valence-electron chi connectivity index (χ0n) is 14.3. The van der Waals surface area contributed by atoms with E-state index in [9.17, 15) is 9.59 Å². The molecule has 1 fully saturated rings. The van der Waals surface area contributed by atoms with Gasteiger partial charge < -0.3 is 15.0 Å². The van der Waals surface area contributed by atoms with Crippen LogP contribution in [0.15, 0.2) is 28.7 Å². The van der Waals surface area contributed by atoms with Gasteiger partial charge in [0.25, 0.3) is 5.91 Å². The van der Waals surface area contributed by atoms with Crippen molar-refractivity contribution in [3.05, 3.63) is 34.3 Å². The lowest BCUT2D eigenvalue weighted by Crippen LogP contribution is -3.14. The normalized spacial score (nSPS) is 21.8. The van der Waals surface area contributed by atoms with Gasteiger partial charge in [-0.25, -0.2) is 0 Å². The molecule has 0 aliphatic carbocycles. The number of likely N-dealkylation sites (tertiary alicyclic amines) is 1. The maximum absolute atomic E-state index is 12.3. The number of halogens is 1. The van der Waals surface area contributed by atoms with Crippen molar-refractivity contribution in [1.82, 2.24) is 5.32 Å². The van der Waals surface area contributed by atoms with Gasteiger partial charge in [-0.1, -0.05) is 34.1 Å². The fourth-order valence-corrected chi connectivity index (χ4v) is 3.75. The number of ether oxygens (including phenoxy) is 1. The summed E-state index contributed by atoms with van der Waals surface area (Å²) in [6, 6.07) is 7.87. The smallest absolute Gasteiger partial charge is 0.309 e. The Morgan fingerprint density at radius 3 is 2.62 bits per heavy atom. The molecule has 0 aromatic heterocycles. The van der Waals surface area contributed by atoms with E-state index >= 15 is 0 Å². The third-order valence-electron chi connectivity index (χ3n) is 4.47. The molecule has 0 spiro atoms. The Labute approximate surface area is 151 Å². The zero-order valence-corrected chi connectivity index (χ0v) is 15.9.